The van der Waals surface area contributed by atoms with Gasteiger partial charge >= 0.3 is 5.97 Å². The number of carboxylic acids is 1. The van der Waals surface area contributed by atoms with Crippen LogP contribution in [0.2, 0.25) is 0 Å². The van der Waals surface area contributed by atoms with Crippen molar-refractivity contribution in [1.82, 2.24) is 0 Å². The fraction of sp³-hybridized carbons (Fsp3) is 0.0667. The maximum Gasteiger partial charge on any atom is 0.335 e. The molecule has 0 spiro atoms. The number of aliphatic imine (C=N–C) groups is 1. The minimum atomic E-state index is -0.972. The zero-order valence-electron chi connectivity index (χ0n) is 10.8. The lowest BCUT2D eigenvalue weighted by molar-refractivity contribution is 0.0697. The molecule has 0 saturated carbocycles. The fourth-order valence-corrected chi connectivity index (χ4v) is 1.64. The van der Waals surface area contributed by atoms with Gasteiger partial charge < -0.3 is 14.9 Å². The van der Waals surface area contributed by atoms with E-state index in [1.54, 1.807) is 24.4 Å². The van der Waals surface area contributed by atoms with E-state index >= 15 is 0 Å². The van der Waals surface area contributed by atoms with E-state index < -0.39 is 5.97 Å². The molecule has 2 N–H and O–H groups in total. The summed E-state index contributed by atoms with van der Waals surface area (Å²) in [6.45, 7) is 0. The molecule has 0 aliphatic rings. The van der Waals surface area contributed by atoms with Crippen molar-refractivity contribution < 1.29 is 19.7 Å². The molecule has 2 rings (SSSR count). The number of benzene rings is 2. The number of phenolic OH excluding ortho intramolecular Hbond substituents is 1. The number of hydrogen-bond donors (Lipinski definition) is 2. The first-order chi connectivity index (χ1) is 9.60. The number of aromatic carboxylic acids is 1. The van der Waals surface area contributed by atoms with E-state index in [0.29, 0.717) is 17.0 Å². The Morgan fingerprint density at radius 1 is 1.20 bits per heavy atom. The van der Waals surface area contributed by atoms with Crippen LogP contribution < -0.4 is 4.74 Å². The van der Waals surface area contributed by atoms with E-state index in [-0.39, 0.29) is 11.3 Å². The summed E-state index contributed by atoms with van der Waals surface area (Å²) in [7, 11) is 1.51. The largest absolute Gasteiger partial charge is 0.508 e. The Labute approximate surface area is 115 Å². The van der Waals surface area contributed by atoms with Crippen LogP contribution in [0.5, 0.6) is 11.5 Å². The predicted molar refractivity (Wildman–Crippen MR) is 75.3 cm³/mol. The van der Waals surface area contributed by atoms with Gasteiger partial charge in [0.25, 0.3) is 0 Å². The van der Waals surface area contributed by atoms with E-state index in [1.165, 1.54) is 31.4 Å². The molecule has 0 heterocycles. The summed E-state index contributed by atoms with van der Waals surface area (Å²) in [6, 6.07) is 10.9. The minimum Gasteiger partial charge on any atom is -0.508 e. The molecule has 0 radical (unpaired) electrons. The molecular weight excluding hydrogens is 258 g/mol. The fourth-order valence-electron chi connectivity index (χ4n) is 1.64. The number of hydrogen-bond acceptors (Lipinski definition) is 4. The number of rotatable bonds is 4. The molecule has 102 valence electrons. The molecular formula is C15H13NO4. The van der Waals surface area contributed by atoms with Crippen molar-refractivity contribution in [1.29, 1.82) is 0 Å². The Morgan fingerprint density at radius 2 is 1.90 bits per heavy atom. The molecule has 2 aromatic rings. The maximum atomic E-state index is 10.7. The van der Waals surface area contributed by atoms with Gasteiger partial charge in [-0.15, -0.1) is 0 Å². The number of nitrogens with zero attached hydrogens (tertiary/aromatic N) is 1. The average molecular weight is 271 g/mol. The van der Waals surface area contributed by atoms with Gasteiger partial charge in [-0.05, 0) is 36.4 Å². The third kappa shape index (κ3) is 3.14. The van der Waals surface area contributed by atoms with Crippen LogP contribution in [0.15, 0.2) is 47.5 Å². The molecule has 0 saturated heterocycles. The first-order valence-corrected chi connectivity index (χ1v) is 5.84. The van der Waals surface area contributed by atoms with Crippen molar-refractivity contribution in [2.75, 3.05) is 7.11 Å². The SMILES string of the molecule is COc1cc(O)ccc1C=Nc1ccc(C(=O)O)cc1. The van der Waals surface area contributed by atoms with Crippen molar-refractivity contribution in [2.24, 2.45) is 4.99 Å². The van der Waals surface area contributed by atoms with Gasteiger partial charge in [0.15, 0.2) is 0 Å². The molecule has 0 unspecified atom stereocenters. The standard InChI is InChI=1S/C15H13NO4/c1-20-14-8-13(17)7-4-11(14)9-16-12-5-2-10(3-6-12)15(18)19/h2-9,17H,1H3,(H,18,19). The van der Waals surface area contributed by atoms with Crippen LogP contribution in [0.3, 0.4) is 0 Å². The van der Waals surface area contributed by atoms with Gasteiger partial charge in [0, 0.05) is 17.8 Å². The summed E-state index contributed by atoms with van der Waals surface area (Å²) >= 11 is 0. The van der Waals surface area contributed by atoms with E-state index in [2.05, 4.69) is 4.99 Å². The van der Waals surface area contributed by atoms with Crippen LogP contribution in [0.25, 0.3) is 0 Å². The summed E-state index contributed by atoms with van der Waals surface area (Å²) in [5.41, 5.74) is 1.56. The van der Waals surface area contributed by atoms with Crippen molar-refractivity contribution >= 4 is 17.9 Å². The van der Waals surface area contributed by atoms with E-state index in [9.17, 15) is 9.90 Å². The monoisotopic (exact) mass is 271 g/mol. The summed E-state index contributed by atoms with van der Waals surface area (Å²) < 4.78 is 5.14. The molecule has 0 amide bonds. The highest BCUT2D eigenvalue weighted by atomic mass is 16.5. The Morgan fingerprint density at radius 3 is 2.50 bits per heavy atom. The van der Waals surface area contributed by atoms with Crippen LogP contribution in [-0.4, -0.2) is 29.5 Å². The molecule has 5 heteroatoms. The predicted octanol–water partition coefficient (Wildman–Crippen LogP) is 2.85. The highest BCUT2D eigenvalue weighted by molar-refractivity contribution is 5.89. The molecule has 0 aliphatic heterocycles. The molecule has 20 heavy (non-hydrogen) atoms. The number of ether oxygens (including phenoxy) is 1. The second kappa shape index (κ2) is 5.88. The van der Waals surface area contributed by atoms with Crippen LogP contribution in [-0.2, 0) is 0 Å². The van der Waals surface area contributed by atoms with Crippen molar-refractivity contribution in [3.8, 4) is 11.5 Å². The lowest BCUT2D eigenvalue weighted by Crippen LogP contribution is -1.94. The van der Waals surface area contributed by atoms with Crippen LogP contribution in [0.4, 0.5) is 5.69 Å². The van der Waals surface area contributed by atoms with Crippen LogP contribution >= 0.6 is 0 Å². The number of carbonyl (C=O) groups is 1. The number of carboxylic acid groups (broad SMARTS) is 1. The Kier molecular flexibility index (Phi) is 4.00. The maximum absolute atomic E-state index is 10.7. The number of methoxy groups -OCH3 is 1. The quantitative estimate of drug-likeness (QED) is 0.838. The molecule has 0 fully saturated rings. The van der Waals surface area contributed by atoms with E-state index in [1.807, 2.05) is 0 Å². The average Bonchev–Trinajstić information content (AvgIpc) is 2.46. The topological polar surface area (TPSA) is 79.1 Å². The molecule has 0 atom stereocenters. The number of phenols is 1. The highest BCUT2D eigenvalue weighted by Crippen LogP contribution is 2.23. The smallest absolute Gasteiger partial charge is 0.335 e. The highest BCUT2D eigenvalue weighted by Gasteiger charge is 2.03. The van der Waals surface area contributed by atoms with Crippen molar-refractivity contribution in [2.45, 2.75) is 0 Å². The molecule has 0 aliphatic carbocycles. The minimum absolute atomic E-state index is 0.116. The molecule has 5 nitrogen and oxygen atoms in total. The Balaban J connectivity index is 2.23. The second-order valence-electron chi connectivity index (χ2n) is 4.04. The number of aromatic hydroxyl groups is 1. The van der Waals surface area contributed by atoms with Crippen molar-refractivity contribution in [3.63, 3.8) is 0 Å². The first kappa shape index (κ1) is 13.6. The lowest BCUT2D eigenvalue weighted by Gasteiger charge is -2.04. The summed E-state index contributed by atoms with van der Waals surface area (Å²) in [4.78, 5) is 15.0. The lowest BCUT2D eigenvalue weighted by atomic mass is 10.2. The summed E-state index contributed by atoms with van der Waals surface area (Å²) in [5, 5.41) is 18.2. The van der Waals surface area contributed by atoms with Crippen molar-refractivity contribution in [3.05, 3.63) is 53.6 Å². The van der Waals surface area contributed by atoms with Crippen LogP contribution in [0, 0.1) is 0 Å². The molecule has 2 aromatic carbocycles. The summed E-state index contributed by atoms with van der Waals surface area (Å²) in [6.07, 6.45) is 1.59. The zero-order valence-corrected chi connectivity index (χ0v) is 10.8. The molecule has 0 aromatic heterocycles. The third-order valence-electron chi connectivity index (χ3n) is 2.68. The van der Waals surface area contributed by atoms with Crippen LogP contribution in [0.1, 0.15) is 15.9 Å². The Hall–Kier alpha value is -2.82. The van der Waals surface area contributed by atoms with Gasteiger partial charge in [0.05, 0.1) is 18.4 Å². The third-order valence-corrected chi connectivity index (χ3v) is 2.68. The van der Waals surface area contributed by atoms with Gasteiger partial charge in [-0.1, -0.05) is 0 Å². The normalized spacial score (nSPS) is 10.7. The second-order valence-corrected chi connectivity index (χ2v) is 4.04. The summed E-state index contributed by atoms with van der Waals surface area (Å²) in [5.74, 6) is -0.346. The van der Waals surface area contributed by atoms with Gasteiger partial charge in [-0.3, -0.25) is 4.99 Å². The van der Waals surface area contributed by atoms with E-state index in [0.717, 1.165) is 0 Å². The zero-order chi connectivity index (χ0) is 14.5. The van der Waals surface area contributed by atoms with Gasteiger partial charge in [-0.25, -0.2) is 4.79 Å². The van der Waals surface area contributed by atoms with Gasteiger partial charge in [0.1, 0.15) is 11.5 Å². The molecule has 0 bridgehead atoms. The Bertz CT molecular complexity index is 647. The van der Waals surface area contributed by atoms with Gasteiger partial charge in [0.2, 0.25) is 0 Å². The first-order valence-electron chi connectivity index (χ1n) is 5.84. The van der Waals surface area contributed by atoms with Gasteiger partial charge in [-0.2, -0.15) is 0 Å². The van der Waals surface area contributed by atoms with E-state index in [4.69, 9.17) is 9.84 Å².